The zero-order chi connectivity index (χ0) is 15.4. The molecular formula is C17H13BrN2O2. The number of carbonyl (C=O) groups excluding carboxylic acids is 1. The Bertz CT molecular complexity index is 785. The average molecular weight is 357 g/mol. The van der Waals surface area contributed by atoms with Crippen LogP contribution in [0.5, 0.6) is 0 Å². The third-order valence-electron chi connectivity index (χ3n) is 3.14. The second-order valence-electron chi connectivity index (χ2n) is 4.72. The third kappa shape index (κ3) is 3.43. The number of amides is 1. The van der Waals surface area contributed by atoms with E-state index in [4.69, 9.17) is 4.42 Å². The van der Waals surface area contributed by atoms with Gasteiger partial charge in [0.25, 0.3) is 5.91 Å². The van der Waals surface area contributed by atoms with E-state index >= 15 is 0 Å². The Morgan fingerprint density at radius 3 is 2.86 bits per heavy atom. The van der Waals surface area contributed by atoms with Gasteiger partial charge in [-0.25, -0.2) is 0 Å². The highest BCUT2D eigenvalue weighted by molar-refractivity contribution is 9.10. The molecule has 0 unspecified atom stereocenters. The Labute approximate surface area is 136 Å². The van der Waals surface area contributed by atoms with Crippen LogP contribution in [-0.4, -0.2) is 10.9 Å². The zero-order valence-corrected chi connectivity index (χ0v) is 13.2. The largest absolute Gasteiger partial charge is 0.463 e. The molecule has 3 rings (SSSR count). The summed E-state index contributed by atoms with van der Waals surface area (Å²) < 4.78 is 6.21. The summed E-state index contributed by atoms with van der Waals surface area (Å²) in [7, 11) is 0. The standard InChI is InChI=1S/C17H13BrN2O2/c18-14-4-1-3-13(10-14)17(21)20-11-12-6-7-19-15(9-12)16-5-2-8-22-16/h1-10H,11H2,(H,20,21). The predicted octanol–water partition coefficient (Wildman–Crippen LogP) is 4.03. The second kappa shape index (κ2) is 6.58. The van der Waals surface area contributed by atoms with E-state index in [0.29, 0.717) is 17.9 Å². The third-order valence-corrected chi connectivity index (χ3v) is 3.63. The van der Waals surface area contributed by atoms with Gasteiger partial charge in [0.2, 0.25) is 0 Å². The summed E-state index contributed by atoms with van der Waals surface area (Å²) in [5.41, 5.74) is 2.33. The maximum absolute atomic E-state index is 12.1. The number of nitrogens with zero attached hydrogens (tertiary/aromatic N) is 1. The smallest absolute Gasteiger partial charge is 0.251 e. The summed E-state index contributed by atoms with van der Waals surface area (Å²) in [5.74, 6) is 0.595. The molecule has 0 saturated heterocycles. The lowest BCUT2D eigenvalue weighted by Gasteiger charge is -2.06. The number of furan rings is 1. The number of rotatable bonds is 4. The lowest BCUT2D eigenvalue weighted by Crippen LogP contribution is -2.22. The van der Waals surface area contributed by atoms with Crippen molar-refractivity contribution in [1.29, 1.82) is 0 Å². The van der Waals surface area contributed by atoms with Crippen LogP contribution in [-0.2, 0) is 6.54 Å². The van der Waals surface area contributed by atoms with Crippen LogP contribution in [0.4, 0.5) is 0 Å². The van der Waals surface area contributed by atoms with E-state index in [9.17, 15) is 4.79 Å². The Kier molecular flexibility index (Phi) is 4.34. The van der Waals surface area contributed by atoms with E-state index in [1.807, 2.05) is 36.4 Å². The summed E-state index contributed by atoms with van der Waals surface area (Å²) >= 11 is 3.36. The van der Waals surface area contributed by atoms with Gasteiger partial charge in [-0.15, -0.1) is 0 Å². The minimum Gasteiger partial charge on any atom is -0.463 e. The monoisotopic (exact) mass is 356 g/mol. The van der Waals surface area contributed by atoms with Crippen molar-refractivity contribution >= 4 is 21.8 Å². The van der Waals surface area contributed by atoms with Crippen LogP contribution in [0, 0.1) is 0 Å². The van der Waals surface area contributed by atoms with Gasteiger partial charge in [0.1, 0.15) is 5.69 Å². The molecule has 0 atom stereocenters. The fourth-order valence-corrected chi connectivity index (χ4v) is 2.46. The van der Waals surface area contributed by atoms with Crippen molar-refractivity contribution in [2.75, 3.05) is 0 Å². The molecule has 0 aliphatic carbocycles. The zero-order valence-electron chi connectivity index (χ0n) is 11.6. The van der Waals surface area contributed by atoms with Gasteiger partial charge in [-0.1, -0.05) is 22.0 Å². The molecule has 1 amide bonds. The highest BCUT2D eigenvalue weighted by atomic mass is 79.9. The molecule has 0 saturated carbocycles. The van der Waals surface area contributed by atoms with E-state index < -0.39 is 0 Å². The van der Waals surface area contributed by atoms with Gasteiger partial charge in [0.05, 0.1) is 6.26 Å². The first kappa shape index (κ1) is 14.5. The van der Waals surface area contributed by atoms with Crippen molar-refractivity contribution in [3.63, 3.8) is 0 Å². The first-order valence-corrected chi connectivity index (χ1v) is 7.54. The van der Waals surface area contributed by atoms with E-state index in [-0.39, 0.29) is 5.91 Å². The first-order valence-electron chi connectivity index (χ1n) is 6.75. The van der Waals surface area contributed by atoms with Crippen LogP contribution in [0.15, 0.2) is 69.9 Å². The Balaban J connectivity index is 1.69. The van der Waals surface area contributed by atoms with Crippen LogP contribution in [0.1, 0.15) is 15.9 Å². The van der Waals surface area contributed by atoms with Gasteiger partial charge in [0, 0.05) is 22.8 Å². The van der Waals surface area contributed by atoms with Crippen LogP contribution in [0.2, 0.25) is 0 Å². The summed E-state index contributed by atoms with van der Waals surface area (Å²) in [4.78, 5) is 16.4. The fourth-order valence-electron chi connectivity index (χ4n) is 2.06. The van der Waals surface area contributed by atoms with E-state index in [0.717, 1.165) is 15.7 Å². The normalized spacial score (nSPS) is 10.4. The molecule has 0 bridgehead atoms. The number of carbonyl (C=O) groups is 1. The molecule has 4 nitrogen and oxygen atoms in total. The highest BCUT2D eigenvalue weighted by Gasteiger charge is 2.07. The quantitative estimate of drug-likeness (QED) is 0.767. The van der Waals surface area contributed by atoms with Gasteiger partial charge in [-0.3, -0.25) is 9.78 Å². The molecule has 110 valence electrons. The molecule has 22 heavy (non-hydrogen) atoms. The minimum absolute atomic E-state index is 0.113. The van der Waals surface area contributed by atoms with Crippen LogP contribution in [0.25, 0.3) is 11.5 Å². The molecule has 0 fully saturated rings. The Morgan fingerprint density at radius 2 is 2.09 bits per heavy atom. The lowest BCUT2D eigenvalue weighted by atomic mass is 10.2. The summed E-state index contributed by atoms with van der Waals surface area (Å²) in [6.45, 7) is 0.432. The summed E-state index contributed by atoms with van der Waals surface area (Å²) in [6.07, 6.45) is 3.32. The topological polar surface area (TPSA) is 55.1 Å². The molecule has 0 aliphatic heterocycles. The predicted molar refractivity (Wildman–Crippen MR) is 87.3 cm³/mol. The molecule has 0 spiro atoms. The van der Waals surface area contributed by atoms with Crippen LogP contribution < -0.4 is 5.32 Å². The Hall–Kier alpha value is -2.40. The molecule has 5 heteroatoms. The number of hydrogen-bond acceptors (Lipinski definition) is 3. The molecule has 1 N–H and O–H groups in total. The number of nitrogens with one attached hydrogen (secondary N) is 1. The van der Waals surface area contributed by atoms with Crippen molar-refractivity contribution in [2.24, 2.45) is 0 Å². The SMILES string of the molecule is O=C(NCc1ccnc(-c2ccco2)c1)c1cccc(Br)c1. The molecule has 2 aromatic heterocycles. The maximum Gasteiger partial charge on any atom is 0.251 e. The molecule has 0 aliphatic rings. The minimum atomic E-state index is -0.113. The summed E-state index contributed by atoms with van der Waals surface area (Å²) in [6, 6.07) is 14.7. The number of hydrogen-bond donors (Lipinski definition) is 1. The molecular weight excluding hydrogens is 344 g/mol. The molecule has 0 radical (unpaired) electrons. The van der Waals surface area contributed by atoms with Gasteiger partial charge >= 0.3 is 0 Å². The van der Waals surface area contributed by atoms with Gasteiger partial charge in [-0.2, -0.15) is 0 Å². The average Bonchev–Trinajstić information content (AvgIpc) is 3.07. The number of pyridine rings is 1. The lowest BCUT2D eigenvalue weighted by molar-refractivity contribution is 0.0951. The van der Waals surface area contributed by atoms with Gasteiger partial charge in [-0.05, 0) is 48.0 Å². The number of aromatic nitrogens is 1. The maximum atomic E-state index is 12.1. The highest BCUT2D eigenvalue weighted by Crippen LogP contribution is 2.18. The van der Waals surface area contributed by atoms with Gasteiger partial charge in [0.15, 0.2) is 5.76 Å². The van der Waals surface area contributed by atoms with Crippen molar-refractivity contribution in [2.45, 2.75) is 6.54 Å². The van der Waals surface area contributed by atoms with E-state index in [1.165, 1.54) is 0 Å². The molecule has 1 aromatic carbocycles. The van der Waals surface area contributed by atoms with Crippen LogP contribution >= 0.6 is 15.9 Å². The second-order valence-corrected chi connectivity index (χ2v) is 5.64. The van der Waals surface area contributed by atoms with Crippen molar-refractivity contribution in [1.82, 2.24) is 10.3 Å². The Morgan fingerprint density at radius 1 is 1.18 bits per heavy atom. The van der Waals surface area contributed by atoms with Crippen molar-refractivity contribution in [3.8, 4) is 11.5 Å². The van der Waals surface area contributed by atoms with Crippen molar-refractivity contribution in [3.05, 3.63) is 76.6 Å². The first-order chi connectivity index (χ1) is 10.7. The summed E-state index contributed by atoms with van der Waals surface area (Å²) in [5, 5.41) is 2.90. The van der Waals surface area contributed by atoms with E-state index in [1.54, 1.807) is 24.6 Å². The van der Waals surface area contributed by atoms with Gasteiger partial charge < -0.3 is 9.73 Å². The fraction of sp³-hybridized carbons (Fsp3) is 0.0588. The van der Waals surface area contributed by atoms with Crippen molar-refractivity contribution < 1.29 is 9.21 Å². The van der Waals surface area contributed by atoms with Crippen LogP contribution in [0.3, 0.4) is 0 Å². The number of halogens is 1. The molecule has 2 heterocycles. The number of benzene rings is 1. The molecule has 3 aromatic rings. The van der Waals surface area contributed by atoms with E-state index in [2.05, 4.69) is 26.2 Å².